The van der Waals surface area contributed by atoms with Gasteiger partial charge in [0.2, 0.25) is 0 Å². The van der Waals surface area contributed by atoms with Gasteiger partial charge in [0, 0.05) is 23.2 Å². The van der Waals surface area contributed by atoms with E-state index in [0.717, 1.165) is 4.90 Å². The molecule has 0 aliphatic rings. The van der Waals surface area contributed by atoms with Crippen LogP contribution in [-0.4, -0.2) is 11.0 Å². The SMILES string of the molecule is NC(=O)N(Cc1cc(C(F)(F)F)cc(C(F)(F)F)c1)c1cccc2cnccc12. The number of amides is 2. The van der Waals surface area contributed by atoms with E-state index in [-0.39, 0.29) is 17.3 Å². The Morgan fingerprint density at radius 3 is 2.14 bits per heavy atom. The summed E-state index contributed by atoms with van der Waals surface area (Å²) in [6.45, 7) is -0.580. The zero-order valence-corrected chi connectivity index (χ0v) is 14.6. The van der Waals surface area contributed by atoms with Gasteiger partial charge in [-0.15, -0.1) is 0 Å². The quantitative estimate of drug-likeness (QED) is 0.588. The van der Waals surface area contributed by atoms with E-state index < -0.39 is 36.1 Å². The molecule has 0 atom stereocenters. The average Bonchev–Trinajstić information content (AvgIpc) is 2.64. The third-order valence-corrected chi connectivity index (χ3v) is 4.20. The number of carbonyl (C=O) groups is 1. The second kappa shape index (κ2) is 7.26. The van der Waals surface area contributed by atoms with Gasteiger partial charge >= 0.3 is 18.4 Å². The number of rotatable bonds is 3. The zero-order valence-electron chi connectivity index (χ0n) is 14.6. The summed E-state index contributed by atoms with van der Waals surface area (Å²) < 4.78 is 78.5. The number of aromatic nitrogens is 1. The van der Waals surface area contributed by atoms with Crippen molar-refractivity contribution in [3.8, 4) is 0 Å². The number of nitrogens with two attached hydrogens (primary N) is 1. The van der Waals surface area contributed by atoms with Gasteiger partial charge in [-0.2, -0.15) is 26.3 Å². The lowest BCUT2D eigenvalue weighted by Crippen LogP contribution is -2.35. The molecule has 0 saturated carbocycles. The first kappa shape index (κ1) is 20.4. The lowest BCUT2D eigenvalue weighted by atomic mass is 10.0. The number of benzene rings is 2. The minimum atomic E-state index is -4.99. The summed E-state index contributed by atoms with van der Waals surface area (Å²) in [6, 6.07) is 6.45. The molecule has 152 valence electrons. The summed E-state index contributed by atoms with van der Waals surface area (Å²) in [5.41, 5.74) is 2.33. The molecule has 1 aromatic heterocycles. The van der Waals surface area contributed by atoms with Crippen molar-refractivity contribution >= 4 is 22.5 Å². The molecule has 1 heterocycles. The maximum atomic E-state index is 13.1. The van der Waals surface area contributed by atoms with Crippen molar-refractivity contribution in [1.29, 1.82) is 0 Å². The van der Waals surface area contributed by atoms with Crippen LogP contribution in [0.3, 0.4) is 0 Å². The van der Waals surface area contributed by atoms with E-state index in [9.17, 15) is 31.1 Å². The number of hydrogen-bond donors (Lipinski definition) is 1. The highest BCUT2D eigenvalue weighted by molar-refractivity contribution is 6.02. The van der Waals surface area contributed by atoms with Crippen LogP contribution in [0.25, 0.3) is 10.8 Å². The van der Waals surface area contributed by atoms with Gasteiger partial charge in [0.05, 0.1) is 23.4 Å². The van der Waals surface area contributed by atoms with Gasteiger partial charge in [-0.3, -0.25) is 9.88 Å². The van der Waals surface area contributed by atoms with E-state index in [0.29, 0.717) is 22.9 Å². The van der Waals surface area contributed by atoms with Crippen LogP contribution < -0.4 is 10.6 Å². The zero-order chi connectivity index (χ0) is 21.4. The van der Waals surface area contributed by atoms with E-state index in [2.05, 4.69) is 4.98 Å². The van der Waals surface area contributed by atoms with Gasteiger partial charge in [-0.25, -0.2) is 4.79 Å². The molecular formula is C19H13F6N3O. The van der Waals surface area contributed by atoms with E-state index >= 15 is 0 Å². The summed E-state index contributed by atoms with van der Waals surface area (Å²) in [7, 11) is 0. The molecule has 2 aromatic carbocycles. The summed E-state index contributed by atoms with van der Waals surface area (Å²) in [5.74, 6) is 0. The highest BCUT2D eigenvalue weighted by Gasteiger charge is 2.37. The van der Waals surface area contributed by atoms with Gasteiger partial charge in [-0.05, 0) is 35.9 Å². The highest BCUT2D eigenvalue weighted by atomic mass is 19.4. The fourth-order valence-corrected chi connectivity index (χ4v) is 2.92. The minimum absolute atomic E-state index is 0.0295. The molecule has 0 spiro atoms. The van der Waals surface area contributed by atoms with Gasteiger partial charge in [0.15, 0.2) is 0 Å². The van der Waals surface area contributed by atoms with Crippen LogP contribution in [0, 0.1) is 0 Å². The predicted molar refractivity (Wildman–Crippen MR) is 94.0 cm³/mol. The van der Waals surface area contributed by atoms with Crippen LogP contribution >= 0.6 is 0 Å². The van der Waals surface area contributed by atoms with Crippen LogP contribution in [0.1, 0.15) is 16.7 Å². The first-order chi connectivity index (χ1) is 13.5. The second-order valence-electron chi connectivity index (χ2n) is 6.21. The third-order valence-electron chi connectivity index (χ3n) is 4.20. The van der Waals surface area contributed by atoms with Crippen LogP contribution in [0.4, 0.5) is 36.8 Å². The van der Waals surface area contributed by atoms with Crippen molar-refractivity contribution in [2.24, 2.45) is 5.73 Å². The molecule has 0 unspecified atom stereocenters. The number of anilines is 1. The molecule has 0 bridgehead atoms. The topological polar surface area (TPSA) is 59.2 Å². The molecular weight excluding hydrogens is 400 g/mol. The molecule has 3 aromatic rings. The normalized spacial score (nSPS) is 12.2. The molecule has 0 radical (unpaired) electrons. The first-order valence-corrected chi connectivity index (χ1v) is 8.15. The molecule has 2 N–H and O–H groups in total. The molecule has 0 saturated heterocycles. The first-order valence-electron chi connectivity index (χ1n) is 8.15. The van der Waals surface area contributed by atoms with Gasteiger partial charge in [0.25, 0.3) is 0 Å². The number of pyridine rings is 1. The van der Waals surface area contributed by atoms with E-state index in [1.165, 1.54) is 18.5 Å². The maximum Gasteiger partial charge on any atom is 0.416 e. The predicted octanol–water partition coefficient (Wildman–Crippen LogP) is 5.36. The number of primary amides is 1. The number of fused-ring (bicyclic) bond motifs is 1. The number of urea groups is 1. The Kier molecular flexibility index (Phi) is 5.12. The monoisotopic (exact) mass is 413 g/mol. The Labute approximate surface area is 160 Å². The molecule has 2 amide bonds. The molecule has 0 fully saturated rings. The number of carbonyl (C=O) groups excluding carboxylic acids is 1. The van der Waals surface area contributed by atoms with Crippen molar-refractivity contribution in [2.45, 2.75) is 18.9 Å². The molecule has 4 nitrogen and oxygen atoms in total. The van der Waals surface area contributed by atoms with Crippen molar-refractivity contribution in [3.05, 3.63) is 71.5 Å². The summed E-state index contributed by atoms with van der Waals surface area (Å²) in [6.07, 6.45) is -7.03. The van der Waals surface area contributed by atoms with Crippen LogP contribution in [0.2, 0.25) is 0 Å². The number of halogens is 6. The Morgan fingerprint density at radius 1 is 0.966 bits per heavy atom. The summed E-state index contributed by atoms with van der Waals surface area (Å²) >= 11 is 0. The van der Waals surface area contributed by atoms with E-state index in [1.54, 1.807) is 18.2 Å². The third kappa shape index (κ3) is 4.41. The minimum Gasteiger partial charge on any atom is -0.351 e. The van der Waals surface area contributed by atoms with E-state index in [1.807, 2.05) is 0 Å². The Balaban J connectivity index is 2.11. The second-order valence-corrected chi connectivity index (χ2v) is 6.21. The van der Waals surface area contributed by atoms with Crippen molar-refractivity contribution in [2.75, 3.05) is 4.90 Å². The fourth-order valence-electron chi connectivity index (χ4n) is 2.92. The van der Waals surface area contributed by atoms with Crippen LogP contribution in [0.5, 0.6) is 0 Å². The van der Waals surface area contributed by atoms with Crippen LogP contribution in [-0.2, 0) is 18.9 Å². The van der Waals surface area contributed by atoms with Gasteiger partial charge in [0.1, 0.15) is 0 Å². The fraction of sp³-hybridized carbons (Fsp3) is 0.158. The summed E-state index contributed by atoms with van der Waals surface area (Å²) in [5, 5.41) is 1.14. The molecule has 29 heavy (non-hydrogen) atoms. The maximum absolute atomic E-state index is 13.1. The highest BCUT2D eigenvalue weighted by Crippen LogP contribution is 2.37. The Morgan fingerprint density at radius 2 is 1.59 bits per heavy atom. The molecule has 3 rings (SSSR count). The molecule has 0 aliphatic heterocycles. The molecule has 0 aliphatic carbocycles. The number of alkyl halides is 6. The van der Waals surface area contributed by atoms with Gasteiger partial charge in [-0.1, -0.05) is 12.1 Å². The summed E-state index contributed by atoms with van der Waals surface area (Å²) in [4.78, 5) is 16.8. The smallest absolute Gasteiger partial charge is 0.351 e. The largest absolute Gasteiger partial charge is 0.416 e. The lowest BCUT2D eigenvalue weighted by Gasteiger charge is -2.23. The van der Waals surface area contributed by atoms with Gasteiger partial charge < -0.3 is 5.73 Å². The lowest BCUT2D eigenvalue weighted by molar-refractivity contribution is -0.143. The standard InChI is InChI=1S/C19H13F6N3O/c20-18(21,22)13-6-11(7-14(8-13)19(23,24)25)10-28(17(26)29)16-3-1-2-12-9-27-5-4-15(12)16/h1-9H,10H2,(H2,26,29). The van der Waals surface area contributed by atoms with Crippen molar-refractivity contribution < 1.29 is 31.1 Å². The van der Waals surface area contributed by atoms with E-state index in [4.69, 9.17) is 5.73 Å². The Hall–Kier alpha value is -3.30. The number of hydrogen-bond acceptors (Lipinski definition) is 2. The van der Waals surface area contributed by atoms with Crippen molar-refractivity contribution in [1.82, 2.24) is 4.98 Å². The number of nitrogens with zero attached hydrogens (tertiary/aromatic N) is 2. The van der Waals surface area contributed by atoms with Crippen molar-refractivity contribution in [3.63, 3.8) is 0 Å². The molecule has 10 heteroatoms. The Bertz CT molecular complexity index is 1020. The van der Waals surface area contributed by atoms with Crippen LogP contribution in [0.15, 0.2) is 54.9 Å². The average molecular weight is 413 g/mol.